The van der Waals surface area contributed by atoms with Crippen molar-refractivity contribution in [2.75, 3.05) is 19.0 Å². The van der Waals surface area contributed by atoms with Gasteiger partial charge in [-0.05, 0) is 37.0 Å². The number of rotatable bonds is 6. The lowest BCUT2D eigenvalue weighted by Crippen LogP contribution is -2.21. The lowest BCUT2D eigenvalue weighted by molar-refractivity contribution is 0.190. The van der Waals surface area contributed by atoms with E-state index >= 15 is 0 Å². The minimum absolute atomic E-state index is 0.349. The van der Waals surface area contributed by atoms with Gasteiger partial charge in [-0.3, -0.25) is 0 Å². The van der Waals surface area contributed by atoms with Crippen LogP contribution in [0.5, 0.6) is 0 Å². The van der Waals surface area contributed by atoms with Crippen molar-refractivity contribution >= 4 is 5.69 Å². The summed E-state index contributed by atoms with van der Waals surface area (Å²) in [6.45, 7) is 7.25. The fraction of sp³-hybridized carbons (Fsp3) is 0.571. The molecule has 0 aromatic heterocycles. The third kappa shape index (κ3) is 3.53. The summed E-state index contributed by atoms with van der Waals surface area (Å²) in [6, 6.07) is 7.04. The van der Waals surface area contributed by atoms with Gasteiger partial charge in [-0.15, -0.1) is 0 Å². The normalized spacial score (nSPS) is 12.5. The van der Waals surface area contributed by atoms with Gasteiger partial charge in [-0.25, -0.2) is 0 Å². The Balaban J connectivity index is 2.82. The molecule has 1 unspecified atom stereocenters. The van der Waals surface area contributed by atoms with Crippen LogP contribution >= 0.6 is 0 Å². The maximum atomic E-state index is 5.14. The van der Waals surface area contributed by atoms with Crippen LogP contribution in [0.1, 0.15) is 31.9 Å². The van der Waals surface area contributed by atoms with Crippen molar-refractivity contribution in [1.29, 1.82) is 0 Å². The van der Waals surface area contributed by atoms with E-state index in [4.69, 9.17) is 4.74 Å². The third-order valence-electron chi connectivity index (χ3n) is 2.78. The molecule has 1 atom stereocenters. The van der Waals surface area contributed by atoms with Crippen molar-refractivity contribution in [1.82, 2.24) is 0 Å². The lowest BCUT2D eigenvalue weighted by Gasteiger charge is -2.18. The van der Waals surface area contributed by atoms with Crippen molar-refractivity contribution in [3.8, 4) is 0 Å². The second-order valence-electron chi connectivity index (χ2n) is 4.20. The van der Waals surface area contributed by atoms with E-state index in [9.17, 15) is 0 Å². The second-order valence-corrected chi connectivity index (χ2v) is 4.20. The molecule has 90 valence electrons. The number of hydrogen-bond acceptors (Lipinski definition) is 2. The Morgan fingerprint density at radius 3 is 2.56 bits per heavy atom. The van der Waals surface area contributed by atoms with Crippen LogP contribution in [0, 0.1) is 0 Å². The van der Waals surface area contributed by atoms with Crippen molar-refractivity contribution in [3.63, 3.8) is 0 Å². The molecule has 0 bridgehead atoms. The standard InChI is InChI=1S/C14H23NO/c1-5-12-7-8-13(6-2)14(9-12)15-11(3)10-16-4/h7-9,11,15H,5-6,10H2,1-4H3. The van der Waals surface area contributed by atoms with Crippen molar-refractivity contribution < 1.29 is 4.74 Å². The van der Waals surface area contributed by atoms with Crippen LogP contribution in [0.25, 0.3) is 0 Å². The molecule has 0 aliphatic rings. The SMILES string of the molecule is CCc1ccc(CC)c(NC(C)COC)c1. The highest BCUT2D eigenvalue weighted by molar-refractivity contribution is 5.54. The van der Waals surface area contributed by atoms with Crippen LogP contribution in [-0.4, -0.2) is 19.8 Å². The Bertz CT molecular complexity index is 323. The van der Waals surface area contributed by atoms with Gasteiger partial charge in [-0.1, -0.05) is 26.0 Å². The van der Waals surface area contributed by atoms with Gasteiger partial charge in [0.2, 0.25) is 0 Å². The number of anilines is 1. The van der Waals surface area contributed by atoms with Gasteiger partial charge in [0.05, 0.1) is 6.61 Å². The molecule has 0 aliphatic heterocycles. The number of nitrogens with one attached hydrogen (secondary N) is 1. The van der Waals surface area contributed by atoms with Crippen LogP contribution in [0.15, 0.2) is 18.2 Å². The largest absolute Gasteiger partial charge is 0.383 e. The summed E-state index contributed by atoms with van der Waals surface area (Å²) in [4.78, 5) is 0. The fourth-order valence-electron chi connectivity index (χ4n) is 1.84. The zero-order chi connectivity index (χ0) is 12.0. The molecule has 1 aromatic rings. The molecule has 2 heteroatoms. The third-order valence-corrected chi connectivity index (χ3v) is 2.78. The first-order valence-corrected chi connectivity index (χ1v) is 6.08. The van der Waals surface area contributed by atoms with Gasteiger partial charge in [0, 0.05) is 18.8 Å². The van der Waals surface area contributed by atoms with Gasteiger partial charge >= 0.3 is 0 Å². The predicted molar refractivity (Wildman–Crippen MR) is 70.2 cm³/mol. The molecule has 0 radical (unpaired) electrons. The van der Waals surface area contributed by atoms with E-state index in [-0.39, 0.29) is 0 Å². The van der Waals surface area contributed by atoms with E-state index in [0.717, 1.165) is 19.4 Å². The Labute approximate surface area is 99.0 Å². The number of hydrogen-bond donors (Lipinski definition) is 1. The molecule has 16 heavy (non-hydrogen) atoms. The molecule has 1 aromatic carbocycles. The maximum absolute atomic E-state index is 5.14. The Morgan fingerprint density at radius 1 is 1.25 bits per heavy atom. The quantitative estimate of drug-likeness (QED) is 0.796. The second kappa shape index (κ2) is 6.54. The highest BCUT2D eigenvalue weighted by Crippen LogP contribution is 2.19. The average Bonchev–Trinajstić information content (AvgIpc) is 2.29. The summed E-state index contributed by atoms with van der Waals surface area (Å²) in [6.07, 6.45) is 2.14. The Morgan fingerprint density at radius 2 is 2.00 bits per heavy atom. The molecule has 0 fully saturated rings. The summed E-state index contributed by atoms with van der Waals surface area (Å²) in [5, 5.41) is 3.51. The number of ether oxygens (including phenoxy) is 1. The zero-order valence-electron chi connectivity index (χ0n) is 10.8. The summed E-state index contributed by atoms with van der Waals surface area (Å²) < 4.78 is 5.14. The highest BCUT2D eigenvalue weighted by Gasteiger charge is 2.05. The average molecular weight is 221 g/mol. The fourth-order valence-corrected chi connectivity index (χ4v) is 1.84. The van der Waals surface area contributed by atoms with Gasteiger partial charge in [-0.2, -0.15) is 0 Å². The van der Waals surface area contributed by atoms with Crippen LogP contribution < -0.4 is 5.32 Å². The van der Waals surface area contributed by atoms with Crippen molar-refractivity contribution in [2.45, 2.75) is 39.7 Å². The van der Waals surface area contributed by atoms with Crippen molar-refractivity contribution in [2.24, 2.45) is 0 Å². The van der Waals surface area contributed by atoms with E-state index < -0.39 is 0 Å². The van der Waals surface area contributed by atoms with Crippen LogP contribution in [0.3, 0.4) is 0 Å². The first-order valence-electron chi connectivity index (χ1n) is 6.08. The monoisotopic (exact) mass is 221 g/mol. The topological polar surface area (TPSA) is 21.3 Å². The first kappa shape index (κ1) is 13.0. The summed E-state index contributed by atoms with van der Waals surface area (Å²) in [7, 11) is 1.74. The molecule has 0 spiro atoms. The molecule has 1 N–H and O–H groups in total. The molecule has 0 saturated heterocycles. The molecule has 1 rings (SSSR count). The van der Waals surface area contributed by atoms with Crippen molar-refractivity contribution in [3.05, 3.63) is 29.3 Å². The number of methoxy groups -OCH3 is 1. The Kier molecular flexibility index (Phi) is 5.33. The van der Waals surface area contributed by atoms with E-state index in [1.807, 2.05) is 0 Å². The number of benzene rings is 1. The van der Waals surface area contributed by atoms with Gasteiger partial charge < -0.3 is 10.1 Å². The van der Waals surface area contributed by atoms with E-state index in [1.165, 1.54) is 16.8 Å². The minimum atomic E-state index is 0.349. The number of aryl methyl sites for hydroxylation is 2. The first-order chi connectivity index (χ1) is 7.71. The van der Waals surface area contributed by atoms with Crippen LogP contribution in [0.2, 0.25) is 0 Å². The van der Waals surface area contributed by atoms with E-state index in [0.29, 0.717) is 6.04 Å². The predicted octanol–water partition coefficient (Wildman–Crippen LogP) is 3.26. The molecule has 0 saturated carbocycles. The van der Waals surface area contributed by atoms with Gasteiger partial charge in [0.15, 0.2) is 0 Å². The zero-order valence-corrected chi connectivity index (χ0v) is 10.8. The highest BCUT2D eigenvalue weighted by atomic mass is 16.5. The molecule has 2 nitrogen and oxygen atoms in total. The molecule has 0 amide bonds. The van der Waals surface area contributed by atoms with Gasteiger partial charge in [0.1, 0.15) is 0 Å². The van der Waals surface area contributed by atoms with Crippen LogP contribution in [0.4, 0.5) is 5.69 Å². The molecular weight excluding hydrogens is 198 g/mol. The van der Waals surface area contributed by atoms with E-state index in [1.54, 1.807) is 7.11 Å². The molecule has 0 aliphatic carbocycles. The maximum Gasteiger partial charge on any atom is 0.0661 e. The van der Waals surface area contributed by atoms with E-state index in [2.05, 4.69) is 44.3 Å². The molecular formula is C14H23NO. The van der Waals surface area contributed by atoms with Gasteiger partial charge in [0.25, 0.3) is 0 Å². The Hall–Kier alpha value is -1.02. The smallest absolute Gasteiger partial charge is 0.0661 e. The minimum Gasteiger partial charge on any atom is -0.383 e. The molecule has 0 heterocycles. The summed E-state index contributed by atoms with van der Waals surface area (Å²) in [5.41, 5.74) is 4.01. The summed E-state index contributed by atoms with van der Waals surface area (Å²) >= 11 is 0. The lowest BCUT2D eigenvalue weighted by atomic mass is 10.0. The van der Waals surface area contributed by atoms with Crippen LogP contribution in [-0.2, 0) is 17.6 Å². The summed E-state index contributed by atoms with van der Waals surface area (Å²) in [5.74, 6) is 0.